The number of benzene rings is 2. The van der Waals surface area contributed by atoms with E-state index in [-0.39, 0.29) is 23.6 Å². The molecule has 11 nitrogen and oxygen atoms in total. The van der Waals surface area contributed by atoms with Crippen molar-refractivity contribution in [1.29, 1.82) is 0 Å². The van der Waals surface area contributed by atoms with Gasteiger partial charge in [-0.1, -0.05) is 12.1 Å². The van der Waals surface area contributed by atoms with E-state index >= 15 is 0 Å². The van der Waals surface area contributed by atoms with Gasteiger partial charge < -0.3 is 19.9 Å². The normalized spacial score (nSPS) is 13.3. The van der Waals surface area contributed by atoms with E-state index in [2.05, 4.69) is 10.3 Å². The lowest BCUT2D eigenvalue weighted by Gasteiger charge is -2.31. The van der Waals surface area contributed by atoms with Gasteiger partial charge in [0.2, 0.25) is 5.95 Å². The average molecular weight is 572 g/mol. The maximum Gasteiger partial charge on any atom is 0.410 e. The minimum absolute atomic E-state index is 0.134. The Labute approximate surface area is 244 Å². The van der Waals surface area contributed by atoms with E-state index in [4.69, 9.17) is 9.72 Å². The molecule has 0 aliphatic carbocycles. The molecule has 1 aliphatic heterocycles. The van der Waals surface area contributed by atoms with Crippen molar-refractivity contribution >= 4 is 34.7 Å². The molecular formula is C31H37N7O4. The molecule has 3 heterocycles. The molecule has 0 atom stereocenters. The van der Waals surface area contributed by atoms with Crippen LogP contribution in [0.1, 0.15) is 62.1 Å². The molecule has 4 aromatic rings. The van der Waals surface area contributed by atoms with Crippen LogP contribution in [0.4, 0.5) is 16.4 Å². The Balaban J connectivity index is 1.47. The Bertz CT molecular complexity index is 1730. The number of ether oxygens (including phenoxy) is 1. The van der Waals surface area contributed by atoms with Gasteiger partial charge in [0.25, 0.3) is 11.5 Å². The topological polar surface area (TPSA) is 115 Å². The van der Waals surface area contributed by atoms with E-state index in [0.29, 0.717) is 47.7 Å². The van der Waals surface area contributed by atoms with Crippen LogP contribution >= 0.6 is 0 Å². The molecule has 0 spiro atoms. The van der Waals surface area contributed by atoms with Crippen LogP contribution < -0.4 is 10.9 Å². The minimum atomic E-state index is -0.542. The molecule has 1 aliphatic rings. The molecule has 42 heavy (non-hydrogen) atoms. The van der Waals surface area contributed by atoms with Crippen LogP contribution in [0, 0.1) is 0 Å². The van der Waals surface area contributed by atoms with Crippen molar-refractivity contribution in [2.75, 3.05) is 26.0 Å². The SMILES string of the molecule is CC(C)n1c(=O)c2cnc(Nc3ccc4c(c3)CCN(C(=O)OC(C)(C)C)C4)nc2n1-c1cccc(C(=O)N(C)C)c1. The minimum Gasteiger partial charge on any atom is -0.444 e. The third-order valence-electron chi connectivity index (χ3n) is 6.98. The van der Waals surface area contributed by atoms with Crippen molar-refractivity contribution in [1.82, 2.24) is 29.1 Å². The summed E-state index contributed by atoms with van der Waals surface area (Å²) in [6.45, 7) is 10.5. The molecule has 1 N–H and O–H groups in total. The van der Waals surface area contributed by atoms with E-state index < -0.39 is 5.60 Å². The van der Waals surface area contributed by atoms with E-state index in [1.54, 1.807) is 46.6 Å². The molecule has 0 bridgehead atoms. The molecule has 0 saturated heterocycles. The molecule has 220 valence electrons. The highest BCUT2D eigenvalue weighted by atomic mass is 16.6. The Morgan fingerprint density at radius 2 is 1.83 bits per heavy atom. The van der Waals surface area contributed by atoms with Gasteiger partial charge in [-0.2, -0.15) is 4.98 Å². The predicted octanol–water partition coefficient (Wildman–Crippen LogP) is 4.90. The maximum atomic E-state index is 13.4. The lowest BCUT2D eigenvalue weighted by molar-refractivity contribution is 0.0224. The number of hydrogen-bond acceptors (Lipinski definition) is 7. The summed E-state index contributed by atoms with van der Waals surface area (Å²) in [4.78, 5) is 51.1. The molecule has 2 aromatic heterocycles. The summed E-state index contributed by atoms with van der Waals surface area (Å²) in [5.74, 6) is 0.203. The van der Waals surface area contributed by atoms with Gasteiger partial charge in [-0.15, -0.1) is 0 Å². The summed E-state index contributed by atoms with van der Waals surface area (Å²) in [7, 11) is 3.40. The first-order valence-corrected chi connectivity index (χ1v) is 14.0. The number of nitrogens with one attached hydrogen (secondary N) is 1. The third-order valence-corrected chi connectivity index (χ3v) is 6.98. The molecule has 0 unspecified atom stereocenters. The number of aromatic nitrogens is 4. The Morgan fingerprint density at radius 1 is 1.07 bits per heavy atom. The predicted molar refractivity (Wildman–Crippen MR) is 162 cm³/mol. The van der Waals surface area contributed by atoms with Gasteiger partial charge in [0.15, 0.2) is 5.65 Å². The van der Waals surface area contributed by atoms with Gasteiger partial charge in [0.1, 0.15) is 11.0 Å². The molecule has 0 radical (unpaired) electrons. The first-order chi connectivity index (χ1) is 19.8. The number of anilines is 2. The first-order valence-electron chi connectivity index (χ1n) is 14.0. The Hall–Kier alpha value is -4.67. The van der Waals surface area contributed by atoms with E-state index in [1.807, 2.05) is 58.9 Å². The highest BCUT2D eigenvalue weighted by Crippen LogP contribution is 2.26. The average Bonchev–Trinajstić information content (AvgIpc) is 3.23. The third kappa shape index (κ3) is 5.72. The van der Waals surface area contributed by atoms with Crippen molar-refractivity contribution in [3.8, 4) is 5.69 Å². The van der Waals surface area contributed by atoms with Crippen LogP contribution in [-0.4, -0.2) is 67.4 Å². The standard InChI is InChI=1S/C31H37N7O4/c1-19(2)37-28(40)25-17-32-29(34-26(25)38(37)24-10-8-9-21(16-24)27(39)35(6)7)33-23-12-11-22-18-36(14-13-20(22)15-23)30(41)42-31(3,4)5/h8-12,15-17,19H,13-14,18H2,1-7H3,(H,32,33,34). The summed E-state index contributed by atoms with van der Waals surface area (Å²) >= 11 is 0. The van der Waals surface area contributed by atoms with Gasteiger partial charge in [0, 0.05) is 50.7 Å². The zero-order valence-corrected chi connectivity index (χ0v) is 25.1. The molecule has 0 fully saturated rings. The fourth-order valence-corrected chi connectivity index (χ4v) is 5.04. The Kier molecular flexibility index (Phi) is 7.53. The number of fused-ring (bicyclic) bond motifs is 2. The van der Waals surface area contributed by atoms with E-state index in [0.717, 1.165) is 16.8 Å². The number of nitrogens with zero attached hydrogens (tertiary/aromatic N) is 6. The molecular weight excluding hydrogens is 534 g/mol. The lowest BCUT2D eigenvalue weighted by Crippen LogP contribution is -2.39. The zero-order chi connectivity index (χ0) is 30.3. The van der Waals surface area contributed by atoms with Gasteiger partial charge in [-0.3, -0.25) is 9.59 Å². The zero-order valence-electron chi connectivity index (χ0n) is 25.1. The summed E-state index contributed by atoms with van der Waals surface area (Å²) in [6.07, 6.45) is 1.92. The largest absolute Gasteiger partial charge is 0.444 e. The van der Waals surface area contributed by atoms with Gasteiger partial charge in [-0.25, -0.2) is 19.1 Å². The van der Waals surface area contributed by atoms with Gasteiger partial charge >= 0.3 is 6.09 Å². The number of rotatable bonds is 5. The highest BCUT2D eigenvalue weighted by Gasteiger charge is 2.26. The smallest absolute Gasteiger partial charge is 0.410 e. The second kappa shape index (κ2) is 11.0. The Morgan fingerprint density at radius 3 is 2.52 bits per heavy atom. The van der Waals surface area contributed by atoms with Crippen molar-refractivity contribution < 1.29 is 14.3 Å². The second-order valence-corrected chi connectivity index (χ2v) is 12.0. The highest BCUT2D eigenvalue weighted by molar-refractivity contribution is 5.94. The second-order valence-electron chi connectivity index (χ2n) is 12.0. The first kappa shape index (κ1) is 28.8. The van der Waals surface area contributed by atoms with Crippen molar-refractivity contribution in [3.05, 3.63) is 75.7 Å². The number of carbonyl (C=O) groups excluding carboxylic acids is 2. The van der Waals surface area contributed by atoms with E-state index in [9.17, 15) is 14.4 Å². The summed E-state index contributed by atoms with van der Waals surface area (Å²) in [5, 5.41) is 3.66. The maximum absolute atomic E-state index is 13.4. The number of amides is 2. The lowest BCUT2D eigenvalue weighted by atomic mass is 9.99. The van der Waals surface area contributed by atoms with Crippen LogP contribution in [0.15, 0.2) is 53.5 Å². The van der Waals surface area contributed by atoms with Gasteiger partial charge in [-0.05, 0) is 82.5 Å². The molecule has 2 amide bonds. The van der Waals surface area contributed by atoms with Crippen molar-refractivity contribution in [2.45, 2.75) is 59.2 Å². The number of carbonyl (C=O) groups is 2. The van der Waals surface area contributed by atoms with Crippen LogP contribution in [0.3, 0.4) is 0 Å². The summed E-state index contributed by atoms with van der Waals surface area (Å²) < 4.78 is 8.91. The fraction of sp³-hybridized carbons (Fsp3) is 0.387. The van der Waals surface area contributed by atoms with E-state index in [1.165, 1.54) is 11.1 Å². The fourth-order valence-electron chi connectivity index (χ4n) is 5.04. The van der Waals surface area contributed by atoms with Crippen LogP contribution in [0.2, 0.25) is 0 Å². The molecule has 5 rings (SSSR count). The van der Waals surface area contributed by atoms with Crippen LogP contribution in [0.5, 0.6) is 0 Å². The summed E-state index contributed by atoms with van der Waals surface area (Å²) in [6, 6.07) is 12.9. The van der Waals surface area contributed by atoms with Crippen molar-refractivity contribution in [2.24, 2.45) is 0 Å². The van der Waals surface area contributed by atoms with Crippen LogP contribution in [-0.2, 0) is 17.7 Å². The summed E-state index contributed by atoms with van der Waals surface area (Å²) in [5.41, 5.74) is 3.83. The van der Waals surface area contributed by atoms with Gasteiger partial charge in [0.05, 0.1) is 5.69 Å². The quantitative estimate of drug-likeness (QED) is 0.362. The monoisotopic (exact) mass is 571 g/mol. The van der Waals surface area contributed by atoms with Crippen molar-refractivity contribution in [3.63, 3.8) is 0 Å². The molecule has 2 aromatic carbocycles. The molecule has 11 heteroatoms. The number of hydrogen-bond donors (Lipinski definition) is 1. The molecule has 0 saturated carbocycles. The van der Waals surface area contributed by atoms with Crippen LogP contribution in [0.25, 0.3) is 16.7 Å².